The van der Waals surface area contributed by atoms with E-state index in [1.165, 1.54) is 23.9 Å². The molecule has 0 amide bonds. The van der Waals surface area contributed by atoms with Gasteiger partial charge in [-0.2, -0.15) is 0 Å². The van der Waals surface area contributed by atoms with Crippen molar-refractivity contribution < 1.29 is 14.3 Å². The molecule has 1 saturated heterocycles. The second-order valence-electron chi connectivity index (χ2n) is 5.44. The molecule has 0 spiro atoms. The van der Waals surface area contributed by atoms with Gasteiger partial charge in [0.05, 0.1) is 5.69 Å². The van der Waals surface area contributed by atoms with Crippen molar-refractivity contribution in [3.63, 3.8) is 0 Å². The van der Waals surface area contributed by atoms with E-state index in [0.717, 1.165) is 18.8 Å². The van der Waals surface area contributed by atoms with Gasteiger partial charge in [-0.05, 0) is 43.5 Å². The van der Waals surface area contributed by atoms with E-state index in [0.29, 0.717) is 5.69 Å². The van der Waals surface area contributed by atoms with Crippen LogP contribution in [0.25, 0.3) is 5.69 Å². The fourth-order valence-corrected chi connectivity index (χ4v) is 2.92. The molecule has 0 radical (unpaired) electrons. The van der Waals surface area contributed by atoms with Crippen LogP contribution in [0, 0.1) is 0 Å². The maximum Gasteiger partial charge on any atom is 0.369 e. The summed E-state index contributed by atoms with van der Waals surface area (Å²) in [5.74, 6) is -1.44. The van der Waals surface area contributed by atoms with E-state index in [9.17, 15) is 9.59 Å². The molecule has 0 unspecified atom stereocenters. The zero-order chi connectivity index (χ0) is 15.1. The van der Waals surface area contributed by atoms with Crippen molar-refractivity contribution >= 4 is 17.6 Å². The maximum atomic E-state index is 11.7. The molecule has 2 aliphatic rings. The molecule has 3 heterocycles. The minimum Gasteiger partial charge on any atom is -0.383 e. The first-order valence-corrected chi connectivity index (χ1v) is 7.31. The fraction of sp³-hybridized carbons (Fsp3) is 0.333. The van der Waals surface area contributed by atoms with Gasteiger partial charge in [0.15, 0.2) is 5.69 Å². The number of carbonyl (C=O) groups is 2. The third-order valence-corrected chi connectivity index (χ3v) is 4.06. The molecule has 1 fully saturated rings. The molecule has 2 aromatic rings. The number of hydrogen-bond donors (Lipinski definition) is 0. The van der Waals surface area contributed by atoms with Gasteiger partial charge < -0.3 is 9.64 Å². The Morgan fingerprint density at radius 2 is 1.59 bits per heavy atom. The number of piperidine rings is 1. The molecule has 7 heteroatoms. The highest BCUT2D eigenvalue weighted by Crippen LogP contribution is 2.24. The van der Waals surface area contributed by atoms with Crippen LogP contribution in [-0.4, -0.2) is 40.0 Å². The topological polar surface area (TPSA) is 77.3 Å². The van der Waals surface area contributed by atoms with Crippen LogP contribution >= 0.6 is 0 Å². The smallest absolute Gasteiger partial charge is 0.369 e. The van der Waals surface area contributed by atoms with E-state index in [1.54, 1.807) is 0 Å². The number of nitrogens with zero attached hydrogens (tertiary/aromatic N) is 4. The lowest BCUT2D eigenvalue weighted by Crippen LogP contribution is -2.29. The van der Waals surface area contributed by atoms with Crippen LogP contribution in [0.4, 0.5) is 5.69 Å². The van der Waals surface area contributed by atoms with E-state index in [-0.39, 0.29) is 11.4 Å². The summed E-state index contributed by atoms with van der Waals surface area (Å²) in [6, 6.07) is 7.73. The van der Waals surface area contributed by atoms with Gasteiger partial charge in [0, 0.05) is 18.8 Å². The predicted molar refractivity (Wildman–Crippen MR) is 77.2 cm³/mol. The molecule has 2 aliphatic heterocycles. The van der Waals surface area contributed by atoms with E-state index in [1.807, 2.05) is 24.3 Å². The second kappa shape index (κ2) is 4.94. The lowest BCUT2D eigenvalue weighted by molar-refractivity contribution is 0.0434. The first-order chi connectivity index (χ1) is 10.7. The number of benzene rings is 1. The number of anilines is 1. The number of carbonyl (C=O) groups excluding carboxylic acids is 2. The largest absolute Gasteiger partial charge is 0.383 e. The van der Waals surface area contributed by atoms with E-state index < -0.39 is 11.9 Å². The first kappa shape index (κ1) is 13.0. The number of cyclic esters (lactones) is 2. The molecule has 7 nitrogen and oxygen atoms in total. The summed E-state index contributed by atoms with van der Waals surface area (Å²) < 4.78 is 5.89. The average Bonchev–Trinajstić information content (AvgIpc) is 3.11. The molecule has 1 aromatic carbocycles. The number of rotatable bonds is 2. The van der Waals surface area contributed by atoms with E-state index in [4.69, 9.17) is 0 Å². The van der Waals surface area contributed by atoms with Crippen molar-refractivity contribution in [2.24, 2.45) is 0 Å². The monoisotopic (exact) mass is 298 g/mol. The lowest BCUT2D eigenvalue weighted by Gasteiger charge is -2.28. The van der Waals surface area contributed by atoms with Gasteiger partial charge in [0.25, 0.3) is 0 Å². The van der Waals surface area contributed by atoms with Crippen molar-refractivity contribution in [3.05, 3.63) is 35.7 Å². The molecule has 0 aliphatic carbocycles. The van der Waals surface area contributed by atoms with Crippen molar-refractivity contribution in [1.29, 1.82) is 0 Å². The summed E-state index contributed by atoms with van der Waals surface area (Å²) in [6.07, 6.45) is 3.72. The molecule has 22 heavy (non-hydrogen) atoms. The van der Waals surface area contributed by atoms with Gasteiger partial charge in [0.2, 0.25) is 5.69 Å². The van der Waals surface area contributed by atoms with Crippen LogP contribution < -0.4 is 4.90 Å². The Bertz CT molecular complexity index is 745. The average molecular weight is 298 g/mol. The Morgan fingerprint density at radius 3 is 2.32 bits per heavy atom. The summed E-state index contributed by atoms with van der Waals surface area (Å²) in [5, 5.41) is 7.61. The third-order valence-electron chi connectivity index (χ3n) is 4.06. The number of ether oxygens (including phenoxy) is 1. The van der Waals surface area contributed by atoms with Crippen molar-refractivity contribution in [2.45, 2.75) is 19.3 Å². The van der Waals surface area contributed by atoms with E-state index >= 15 is 0 Å². The van der Waals surface area contributed by atoms with Gasteiger partial charge in [-0.1, -0.05) is 5.21 Å². The number of fused-ring (bicyclic) bond motifs is 1. The highest BCUT2D eigenvalue weighted by molar-refractivity contribution is 6.12. The Labute approximate surface area is 126 Å². The zero-order valence-corrected chi connectivity index (χ0v) is 11.9. The number of esters is 2. The zero-order valence-electron chi connectivity index (χ0n) is 11.9. The van der Waals surface area contributed by atoms with Gasteiger partial charge in [-0.3, -0.25) is 0 Å². The Balaban J connectivity index is 1.66. The maximum absolute atomic E-state index is 11.7. The summed E-state index contributed by atoms with van der Waals surface area (Å²) in [6.45, 7) is 2.14. The van der Waals surface area contributed by atoms with E-state index in [2.05, 4.69) is 19.9 Å². The van der Waals surface area contributed by atoms with Gasteiger partial charge in [-0.15, -0.1) is 5.10 Å². The van der Waals surface area contributed by atoms with Crippen molar-refractivity contribution in [2.75, 3.05) is 18.0 Å². The summed E-state index contributed by atoms with van der Waals surface area (Å²) >= 11 is 0. The number of hydrogen-bond acceptors (Lipinski definition) is 6. The number of aromatic nitrogens is 3. The third kappa shape index (κ3) is 1.97. The molecule has 1 aromatic heterocycles. The first-order valence-electron chi connectivity index (χ1n) is 7.31. The van der Waals surface area contributed by atoms with Gasteiger partial charge in [-0.25, -0.2) is 14.3 Å². The summed E-state index contributed by atoms with van der Waals surface area (Å²) in [4.78, 5) is 25.5. The lowest BCUT2D eigenvalue weighted by atomic mass is 10.1. The highest BCUT2D eigenvalue weighted by atomic mass is 16.6. The molecule has 112 valence electrons. The molecule has 0 N–H and O–H groups in total. The summed E-state index contributed by atoms with van der Waals surface area (Å²) in [5.41, 5.74) is 1.90. The normalized spacial score (nSPS) is 17.5. The standard InChI is InChI=1S/C15H14N4O3/c20-14-12-13(15(21)22-14)19(17-16-12)11-6-4-10(5-7-11)18-8-2-1-3-9-18/h4-7H,1-3,8-9H2. The van der Waals surface area contributed by atoms with Crippen LogP contribution in [0.1, 0.15) is 40.2 Å². The van der Waals surface area contributed by atoms with Crippen LogP contribution in [0.5, 0.6) is 0 Å². The predicted octanol–water partition coefficient (Wildman–Crippen LogP) is 1.57. The SMILES string of the molecule is O=C1OC(=O)c2c1nnn2-c1ccc(N2CCCCC2)cc1. The minimum absolute atomic E-state index is 0.0230. The second-order valence-corrected chi connectivity index (χ2v) is 5.44. The quantitative estimate of drug-likeness (QED) is 0.618. The molecule has 0 saturated carbocycles. The van der Waals surface area contributed by atoms with Crippen LogP contribution in [0.15, 0.2) is 24.3 Å². The van der Waals surface area contributed by atoms with Crippen LogP contribution in [0.2, 0.25) is 0 Å². The summed E-state index contributed by atoms with van der Waals surface area (Å²) in [7, 11) is 0. The Hall–Kier alpha value is -2.70. The van der Waals surface area contributed by atoms with Crippen LogP contribution in [-0.2, 0) is 4.74 Å². The molecule has 4 rings (SSSR count). The van der Waals surface area contributed by atoms with Gasteiger partial charge >= 0.3 is 11.9 Å². The van der Waals surface area contributed by atoms with Crippen molar-refractivity contribution in [1.82, 2.24) is 15.0 Å². The van der Waals surface area contributed by atoms with Gasteiger partial charge in [0.1, 0.15) is 0 Å². The highest BCUT2D eigenvalue weighted by Gasteiger charge is 2.37. The Morgan fingerprint density at radius 1 is 0.909 bits per heavy atom. The van der Waals surface area contributed by atoms with Crippen LogP contribution in [0.3, 0.4) is 0 Å². The minimum atomic E-state index is -0.740. The molecular weight excluding hydrogens is 284 g/mol. The molecular formula is C15H14N4O3. The fourth-order valence-electron chi connectivity index (χ4n) is 2.92. The van der Waals surface area contributed by atoms with Crippen molar-refractivity contribution in [3.8, 4) is 5.69 Å². The molecule has 0 bridgehead atoms. The Kier molecular flexibility index (Phi) is 2.92. The molecule has 0 atom stereocenters.